The lowest BCUT2D eigenvalue weighted by Crippen LogP contribution is -2.12. The van der Waals surface area contributed by atoms with Crippen molar-refractivity contribution in [2.45, 2.75) is 17.7 Å². The van der Waals surface area contributed by atoms with Crippen LogP contribution >= 0.6 is 27.5 Å². The zero-order chi connectivity index (χ0) is 21.0. The summed E-state index contributed by atoms with van der Waals surface area (Å²) in [5, 5.41) is 4.23. The zero-order valence-corrected chi connectivity index (χ0v) is 19.3. The van der Waals surface area contributed by atoms with Crippen molar-refractivity contribution in [3.8, 4) is 11.5 Å². The van der Waals surface area contributed by atoms with Crippen LogP contribution in [0.4, 0.5) is 0 Å². The van der Waals surface area contributed by atoms with Gasteiger partial charge in [-0.3, -0.25) is 0 Å². The van der Waals surface area contributed by atoms with Gasteiger partial charge in [0.1, 0.15) is 16.4 Å². The third-order valence-corrected chi connectivity index (χ3v) is 7.34. The molecule has 0 atom stereocenters. The first kappa shape index (κ1) is 22.0. The summed E-state index contributed by atoms with van der Waals surface area (Å²) >= 11 is 9.48. The van der Waals surface area contributed by atoms with E-state index in [1.54, 1.807) is 30.3 Å². The van der Waals surface area contributed by atoms with E-state index >= 15 is 0 Å². The molecule has 0 unspecified atom stereocenters. The Morgan fingerprint density at radius 2 is 1.97 bits per heavy atom. The molecule has 9 heteroatoms. The Bertz CT molecular complexity index is 1120. The van der Waals surface area contributed by atoms with Crippen LogP contribution in [0.25, 0.3) is 10.9 Å². The minimum Gasteiger partial charge on any atom is -0.497 e. The SMILES string of the molecule is CNCCCCOc1cn(S(=O)(=O)c2ccc(OC)cc2Br)c2cc(Cl)ccc12. The number of aromatic nitrogens is 1. The topological polar surface area (TPSA) is 69.6 Å². The van der Waals surface area contributed by atoms with Crippen LogP contribution < -0.4 is 14.8 Å². The Morgan fingerprint density at radius 1 is 1.17 bits per heavy atom. The van der Waals surface area contributed by atoms with Gasteiger partial charge in [0.2, 0.25) is 0 Å². The molecule has 0 radical (unpaired) electrons. The number of benzene rings is 2. The lowest BCUT2D eigenvalue weighted by atomic mass is 10.2. The summed E-state index contributed by atoms with van der Waals surface area (Å²) < 4.78 is 39.5. The summed E-state index contributed by atoms with van der Waals surface area (Å²) in [4.78, 5) is 0.121. The van der Waals surface area contributed by atoms with Gasteiger partial charge in [-0.1, -0.05) is 11.6 Å². The number of methoxy groups -OCH3 is 1. The Hall–Kier alpha value is -1.74. The molecule has 3 rings (SSSR count). The fourth-order valence-corrected chi connectivity index (χ4v) is 5.50. The van der Waals surface area contributed by atoms with Gasteiger partial charge in [-0.15, -0.1) is 0 Å². The van der Waals surface area contributed by atoms with Crippen molar-refractivity contribution in [3.63, 3.8) is 0 Å². The predicted molar refractivity (Wildman–Crippen MR) is 119 cm³/mol. The third kappa shape index (κ3) is 4.71. The van der Waals surface area contributed by atoms with Crippen LogP contribution in [0.5, 0.6) is 11.5 Å². The molecular formula is C20H22BrClN2O4S. The maximum absolute atomic E-state index is 13.4. The summed E-state index contributed by atoms with van der Waals surface area (Å²) in [6.45, 7) is 1.40. The van der Waals surface area contributed by atoms with E-state index < -0.39 is 10.0 Å². The molecule has 3 aromatic rings. The van der Waals surface area contributed by atoms with Gasteiger partial charge < -0.3 is 14.8 Å². The number of ether oxygens (including phenoxy) is 2. The van der Waals surface area contributed by atoms with Gasteiger partial charge >= 0.3 is 0 Å². The van der Waals surface area contributed by atoms with E-state index in [1.807, 2.05) is 7.05 Å². The average molecular weight is 502 g/mol. The van der Waals surface area contributed by atoms with Crippen LogP contribution in [0.1, 0.15) is 12.8 Å². The number of halogens is 2. The third-order valence-electron chi connectivity index (χ3n) is 4.45. The van der Waals surface area contributed by atoms with Crippen LogP contribution in [0, 0.1) is 0 Å². The fraction of sp³-hybridized carbons (Fsp3) is 0.300. The van der Waals surface area contributed by atoms with Gasteiger partial charge in [0.25, 0.3) is 10.0 Å². The van der Waals surface area contributed by atoms with Crippen LogP contribution in [-0.2, 0) is 10.0 Å². The van der Waals surface area contributed by atoms with Crippen molar-refractivity contribution in [1.82, 2.24) is 9.29 Å². The van der Waals surface area contributed by atoms with Crippen molar-refractivity contribution in [2.75, 3.05) is 27.3 Å². The number of hydrogen-bond donors (Lipinski definition) is 1. The highest BCUT2D eigenvalue weighted by Gasteiger charge is 2.24. The van der Waals surface area contributed by atoms with Gasteiger partial charge in [0.05, 0.1) is 25.4 Å². The number of nitrogens with zero attached hydrogens (tertiary/aromatic N) is 1. The molecule has 156 valence electrons. The van der Waals surface area contributed by atoms with Crippen molar-refractivity contribution in [3.05, 3.63) is 52.1 Å². The Balaban J connectivity index is 2.03. The summed E-state index contributed by atoms with van der Waals surface area (Å²) in [6.07, 6.45) is 3.33. The molecule has 0 fully saturated rings. The molecule has 0 amide bonds. The lowest BCUT2D eigenvalue weighted by molar-refractivity contribution is 0.309. The normalized spacial score (nSPS) is 11.7. The number of rotatable bonds is 9. The molecule has 0 saturated heterocycles. The number of nitrogens with one attached hydrogen (secondary N) is 1. The number of fused-ring (bicyclic) bond motifs is 1. The van der Waals surface area contributed by atoms with E-state index in [9.17, 15) is 8.42 Å². The highest BCUT2D eigenvalue weighted by molar-refractivity contribution is 9.10. The highest BCUT2D eigenvalue weighted by Crippen LogP contribution is 2.35. The molecule has 2 aromatic carbocycles. The summed E-state index contributed by atoms with van der Waals surface area (Å²) in [7, 11) is -0.462. The quantitative estimate of drug-likeness (QED) is 0.431. The second-order valence-corrected chi connectivity index (χ2v) is 9.49. The molecule has 0 aliphatic rings. The van der Waals surface area contributed by atoms with E-state index in [0.29, 0.717) is 38.5 Å². The maximum atomic E-state index is 13.4. The smallest absolute Gasteiger partial charge is 0.269 e. The molecular weight excluding hydrogens is 480 g/mol. The average Bonchev–Trinajstić information content (AvgIpc) is 3.06. The largest absolute Gasteiger partial charge is 0.497 e. The standard InChI is InChI=1S/C20H22BrClN2O4S/c1-23-9-3-4-10-28-19-13-24(18-11-14(22)5-7-16(18)19)29(25,26)20-8-6-15(27-2)12-17(20)21/h5-8,11-13,23H,3-4,9-10H2,1-2H3. The number of unbranched alkanes of at least 4 members (excludes halogenated alkanes) is 1. The summed E-state index contributed by atoms with van der Waals surface area (Å²) in [5.41, 5.74) is 0.463. The second-order valence-electron chi connectivity index (χ2n) is 6.41. The predicted octanol–water partition coefficient (Wildman–Crippen LogP) is 4.68. The van der Waals surface area contributed by atoms with Gasteiger partial charge in [-0.25, -0.2) is 12.4 Å². The Labute approximate surface area is 183 Å². The molecule has 1 aromatic heterocycles. The molecule has 0 aliphatic heterocycles. The Morgan fingerprint density at radius 3 is 2.66 bits per heavy atom. The number of hydrogen-bond acceptors (Lipinski definition) is 5. The van der Waals surface area contributed by atoms with Crippen LogP contribution in [0.3, 0.4) is 0 Å². The van der Waals surface area contributed by atoms with E-state index in [4.69, 9.17) is 21.1 Å². The minimum atomic E-state index is -3.89. The monoisotopic (exact) mass is 500 g/mol. The van der Waals surface area contributed by atoms with Gasteiger partial charge in [0.15, 0.2) is 0 Å². The molecule has 0 saturated carbocycles. The first-order valence-corrected chi connectivity index (χ1v) is 11.7. The van der Waals surface area contributed by atoms with E-state index in [1.165, 1.54) is 23.3 Å². The van der Waals surface area contributed by atoms with Crippen molar-refractivity contribution in [2.24, 2.45) is 0 Å². The van der Waals surface area contributed by atoms with Crippen molar-refractivity contribution in [1.29, 1.82) is 0 Å². The Kier molecular flexibility index (Phi) is 7.10. The maximum Gasteiger partial charge on any atom is 0.269 e. The molecule has 1 heterocycles. The minimum absolute atomic E-state index is 0.121. The van der Waals surface area contributed by atoms with E-state index in [-0.39, 0.29) is 4.90 Å². The van der Waals surface area contributed by atoms with Gasteiger partial charge in [0, 0.05) is 14.9 Å². The molecule has 0 spiro atoms. The van der Waals surface area contributed by atoms with Gasteiger partial charge in [-0.05, 0) is 78.8 Å². The van der Waals surface area contributed by atoms with Crippen LogP contribution in [-0.4, -0.2) is 39.7 Å². The lowest BCUT2D eigenvalue weighted by Gasteiger charge is -2.10. The second kappa shape index (κ2) is 9.38. The summed E-state index contributed by atoms with van der Waals surface area (Å²) in [6, 6.07) is 9.85. The molecule has 6 nitrogen and oxygen atoms in total. The van der Waals surface area contributed by atoms with Crippen molar-refractivity contribution >= 4 is 48.5 Å². The molecule has 29 heavy (non-hydrogen) atoms. The van der Waals surface area contributed by atoms with Crippen LogP contribution in [0.2, 0.25) is 5.02 Å². The van der Waals surface area contributed by atoms with E-state index in [2.05, 4.69) is 21.2 Å². The summed E-state index contributed by atoms with van der Waals surface area (Å²) in [5.74, 6) is 1.07. The molecule has 1 N–H and O–H groups in total. The zero-order valence-electron chi connectivity index (χ0n) is 16.1. The molecule has 0 aliphatic carbocycles. The van der Waals surface area contributed by atoms with E-state index in [0.717, 1.165) is 19.4 Å². The first-order valence-electron chi connectivity index (χ1n) is 9.05. The van der Waals surface area contributed by atoms with Gasteiger partial charge in [-0.2, -0.15) is 0 Å². The van der Waals surface area contributed by atoms with Crippen LogP contribution in [0.15, 0.2) is 52.0 Å². The fourth-order valence-electron chi connectivity index (χ4n) is 2.96. The molecule has 0 bridgehead atoms. The first-order chi connectivity index (χ1) is 13.9. The highest BCUT2D eigenvalue weighted by atomic mass is 79.9. The van der Waals surface area contributed by atoms with Crippen molar-refractivity contribution < 1.29 is 17.9 Å².